The Morgan fingerprint density at radius 1 is 1.11 bits per heavy atom. The highest BCUT2D eigenvalue weighted by molar-refractivity contribution is 5.92. The molecule has 0 aromatic heterocycles. The molecule has 38 heavy (non-hydrogen) atoms. The highest BCUT2D eigenvalue weighted by Gasteiger charge is 2.43. The lowest BCUT2D eigenvalue weighted by Gasteiger charge is -2.44. The zero-order valence-corrected chi connectivity index (χ0v) is 23.9. The van der Waals surface area contributed by atoms with Crippen molar-refractivity contribution in [2.45, 2.75) is 122 Å². The van der Waals surface area contributed by atoms with Crippen LogP contribution in [-0.4, -0.2) is 46.5 Å². The van der Waals surface area contributed by atoms with Gasteiger partial charge >= 0.3 is 6.09 Å². The van der Waals surface area contributed by atoms with E-state index in [2.05, 4.69) is 17.2 Å². The van der Waals surface area contributed by atoms with Gasteiger partial charge in [-0.3, -0.25) is 9.59 Å². The molecule has 2 saturated carbocycles. The molecule has 0 saturated heterocycles. The highest BCUT2D eigenvalue weighted by atomic mass is 16.6. The van der Waals surface area contributed by atoms with Gasteiger partial charge in [0.2, 0.25) is 11.8 Å². The molecule has 1 aromatic carbocycles. The molecular formula is C31H47N3O4. The van der Waals surface area contributed by atoms with Crippen LogP contribution in [-0.2, 0) is 14.3 Å². The Bertz CT molecular complexity index is 976. The van der Waals surface area contributed by atoms with Crippen LogP contribution in [0.3, 0.4) is 0 Å². The fourth-order valence-electron chi connectivity index (χ4n) is 5.28. The summed E-state index contributed by atoms with van der Waals surface area (Å²) in [7, 11) is 0. The van der Waals surface area contributed by atoms with Crippen LogP contribution < -0.4 is 10.6 Å². The quantitative estimate of drug-likeness (QED) is 0.384. The standard InChI is InChI=1S/C31H47N3O4/c1-7-21(3)26(33-30(37)38-31(4,5)6)29(36)34(25-18-13-19-25)27(23-15-12-14-22(8-2)20-23)28(35)32-24-16-10-9-11-17-24/h8,12,14-15,20-21,24-27H,2,7,9-11,13,16-19H2,1,3-6H3,(H,32,35)(H,33,37). The maximum absolute atomic E-state index is 14.4. The summed E-state index contributed by atoms with van der Waals surface area (Å²) < 4.78 is 5.51. The molecule has 0 aliphatic heterocycles. The fourth-order valence-corrected chi connectivity index (χ4v) is 5.28. The second-order valence-corrected chi connectivity index (χ2v) is 12.0. The zero-order chi connectivity index (χ0) is 27.9. The largest absolute Gasteiger partial charge is 0.444 e. The summed E-state index contributed by atoms with van der Waals surface area (Å²) in [5.74, 6) is -0.527. The van der Waals surface area contributed by atoms with Crippen molar-refractivity contribution in [3.05, 3.63) is 42.0 Å². The van der Waals surface area contributed by atoms with E-state index in [1.807, 2.05) is 38.1 Å². The Hall–Kier alpha value is -2.83. The molecule has 7 nitrogen and oxygen atoms in total. The van der Waals surface area contributed by atoms with Crippen LogP contribution in [0.1, 0.15) is 110 Å². The Morgan fingerprint density at radius 3 is 2.34 bits per heavy atom. The van der Waals surface area contributed by atoms with Crippen LogP contribution in [0.15, 0.2) is 30.8 Å². The molecule has 3 unspecified atom stereocenters. The van der Waals surface area contributed by atoms with Crippen molar-refractivity contribution in [1.82, 2.24) is 15.5 Å². The average molecular weight is 526 g/mol. The lowest BCUT2D eigenvalue weighted by Crippen LogP contribution is -2.59. The topological polar surface area (TPSA) is 87.7 Å². The van der Waals surface area contributed by atoms with Crippen LogP contribution in [0, 0.1) is 5.92 Å². The Balaban J connectivity index is 2.00. The van der Waals surface area contributed by atoms with E-state index < -0.39 is 23.8 Å². The lowest BCUT2D eigenvalue weighted by molar-refractivity contribution is -0.148. The van der Waals surface area contributed by atoms with Crippen molar-refractivity contribution in [2.24, 2.45) is 5.92 Å². The minimum absolute atomic E-state index is 0.0658. The summed E-state index contributed by atoms with van der Waals surface area (Å²) in [6.45, 7) is 13.2. The van der Waals surface area contributed by atoms with Gasteiger partial charge in [0, 0.05) is 12.1 Å². The van der Waals surface area contributed by atoms with Crippen molar-refractivity contribution in [2.75, 3.05) is 0 Å². The van der Waals surface area contributed by atoms with Gasteiger partial charge in [0.25, 0.3) is 0 Å². The molecule has 2 fully saturated rings. The second kappa shape index (κ2) is 13.3. The first kappa shape index (κ1) is 29.7. The number of rotatable bonds is 10. The van der Waals surface area contributed by atoms with Gasteiger partial charge in [-0.2, -0.15) is 0 Å². The van der Waals surface area contributed by atoms with E-state index in [1.54, 1.807) is 31.7 Å². The number of alkyl carbamates (subject to hydrolysis) is 1. The molecule has 3 atom stereocenters. The molecule has 2 aliphatic carbocycles. The minimum Gasteiger partial charge on any atom is -0.444 e. The van der Waals surface area contributed by atoms with Crippen molar-refractivity contribution >= 4 is 24.0 Å². The first-order valence-corrected chi connectivity index (χ1v) is 14.4. The van der Waals surface area contributed by atoms with Gasteiger partial charge < -0.3 is 20.3 Å². The predicted octanol–water partition coefficient (Wildman–Crippen LogP) is 6.14. The number of nitrogens with one attached hydrogen (secondary N) is 2. The van der Waals surface area contributed by atoms with Crippen LogP contribution >= 0.6 is 0 Å². The molecule has 0 radical (unpaired) electrons. The van der Waals surface area contributed by atoms with Crippen molar-refractivity contribution in [3.63, 3.8) is 0 Å². The molecule has 0 spiro atoms. The lowest BCUT2D eigenvalue weighted by atomic mass is 9.86. The van der Waals surface area contributed by atoms with Gasteiger partial charge in [-0.1, -0.05) is 70.4 Å². The van der Waals surface area contributed by atoms with Crippen LogP contribution in [0.2, 0.25) is 0 Å². The molecule has 7 heteroatoms. The van der Waals surface area contributed by atoms with Gasteiger partial charge in [-0.15, -0.1) is 0 Å². The van der Waals surface area contributed by atoms with E-state index in [0.29, 0.717) is 6.42 Å². The van der Waals surface area contributed by atoms with Crippen LogP contribution in [0.4, 0.5) is 4.79 Å². The van der Waals surface area contributed by atoms with Crippen molar-refractivity contribution < 1.29 is 19.1 Å². The highest BCUT2D eigenvalue weighted by Crippen LogP contribution is 2.35. The molecule has 0 bridgehead atoms. The first-order chi connectivity index (χ1) is 18.0. The summed E-state index contributed by atoms with van der Waals surface area (Å²) in [6, 6.07) is 6.15. The normalized spacial score (nSPS) is 18.9. The summed E-state index contributed by atoms with van der Waals surface area (Å²) in [4.78, 5) is 43.0. The molecular weight excluding hydrogens is 478 g/mol. The van der Waals surface area contributed by atoms with Crippen LogP contribution in [0.5, 0.6) is 0 Å². The average Bonchev–Trinajstić information content (AvgIpc) is 2.84. The maximum Gasteiger partial charge on any atom is 0.408 e. The number of hydrogen-bond donors (Lipinski definition) is 2. The first-order valence-electron chi connectivity index (χ1n) is 14.4. The summed E-state index contributed by atoms with van der Waals surface area (Å²) in [5, 5.41) is 6.13. The number of benzene rings is 1. The van der Waals surface area contributed by atoms with Gasteiger partial charge in [0.1, 0.15) is 17.7 Å². The van der Waals surface area contributed by atoms with Gasteiger partial charge in [-0.25, -0.2) is 4.79 Å². The fraction of sp³-hybridized carbons (Fsp3) is 0.645. The summed E-state index contributed by atoms with van der Waals surface area (Å²) in [6.07, 6.45) is 9.79. The molecule has 3 amide bonds. The Morgan fingerprint density at radius 2 is 1.79 bits per heavy atom. The third-order valence-electron chi connectivity index (χ3n) is 7.81. The predicted molar refractivity (Wildman–Crippen MR) is 151 cm³/mol. The van der Waals surface area contributed by atoms with E-state index in [-0.39, 0.29) is 29.8 Å². The molecule has 2 N–H and O–H groups in total. The number of hydrogen-bond acceptors (Lipinski definition) is 4. The number of carbonyl (C=O) groups is 3. The molecule has 3 rings (SSSR count). The van der Waals surface area contributed by atoms with E-state index in [1.165, 1.54) is 6.42 Å². The SMILES string of the molecule is C=Cc1cccc(C(C(=O)NC2CCCCC2)N(C(=O)C(NC(=O)OC(C)(C)C)C(C)CC)C2CCC2)c1. The van der Waals surface area contributed by atoms with Crippen LogP contribution in [0.25, 0.3) is 6.08 Å². The molecule has 0 heterocycles. The van der Waals surface area contributed by atoms with Gasteiger partial charge in [-0.05, 0) is 76.0 Å². The maximum atomic E-state index is 14.4. The molecule has 1 aromatic rings. The van der Waals surface area contributed by atoms with Gasteiger partial charge in [0.05, 0.1) is 0 Å². The van der Waals surface area contributed by atoms with E-state index in [0.717, 1.165) is 56.1 Å². The third kappa shape index (κ3) is 7.84. The van der Waals surface area contributed by atoms with E-state index in [9.17, 15) is 14.4 Å². The van der Waals surface area contributed by atoms with Gasteiger partial charge in [0.15, 0.2) is 0 Å². The number of amides is 3. The smallest absolute Gasteiger partial charge is 0.408 e. The minimum atomic E-state index is -0.803. The van der Waals surface area contributed by atoms with Crippen molar-refractivity contribution in [1.29, 1.82) is 0 Å². The molecule has 210 valence electrons. The summed E-state index contributed by atoms with van der Waals surface area (Å²) in [5.41, 5.74) is 0.967. The Labute approximate surface area is 228 Å². The number of ether oxygens (including phenoxy) is 1. The third-order valence-corrected chi connectivity index (χ3v) is 7.81. The summed E-state index contributed by atoms with van der Waals surface area (Å²) >= 11 is 0. The number of carbonyl (C=O) groups excluding carboxylic acids is 3. The zero-order valence-electron chi connectivity index (χ0n) is 23.9. The number of nitrogens with zero attached hydrogens (tertiary/aromatic N) is 1. The second-order valence-electron chi connectivity index (χ2n) is 12.0. The molecule has 2 aliphatic rings. The van der Waals surface area contributed by atoms with Crippen molar-refractivity contribution in [3.8, 4) is 0 Å². The van der Waals surface area contributed by atoms with E-state index in [4.69, 9.17) is 4.74 Å². The van der Waals surface area contributed by atoms with E-state index >= 15 is 0 Å². The Kier molecular flexibility index (Phi) is 10.4. The monoisotopic (exact) mass is 525 g/mol.